The van der Waals surface area contributed by atoms with Crippen LogP contribution >= 0.6 is 11.6 Å². The highest BCUT2D eigenvalue weighted by atomic mass is 35.5. The Balaban J connectivity index is 0.747. The van der Waals surface area contributed by atoms with Crippen molar-refractivity contribution in [1.29, 1.82) is 0 Å². The molecule has 2 unspecified atom stereocenters. The van der Waals surface area contributed by atoms with Crippen molar-refractivity contribution in [3.63, 3.8) is 0 Å². The molecule has 13 heteroatoms. The van der Waals surface area contributed by atoms with Gasteiger partial charge in [-0.2, -0.15) is 0 Å². The molecule has 5 amide bonds. The number of carbonyl (C=O) groups is 5. The van der Waals surface area contributed by atoms with E-state index in [1.165, 1.54) is 0 Å². The van der Waals surface area contributed by atoms with Crippen LogP contribution in [0.3, 0.4) is 0 Å². The average Bonchev–Trinajstić information content (AvgIpc) is 3.84. The number of anilines is 2. The summed E-state index contributed by atoms with van der Waals surface area (Å²) in [6, 6.07) is 16.9. The van der Waals surface area contributed by atoms with Crippen LogP contribution in [-0.4, -0.2) is 95.6 Å². The smallest absolute Gasteiger partial charge is 0.262 e. The van der Waals surface area contributed by atoms with Gasteiger partial charge in [0.1, 0.15) is 6.04 Å². The van der Waals surface area contributed by atoms with Crippen molar-refractivity contribution in [2.24, 2.45) is 11.3 Å². The molecule has 3 aromatic carbocycles. The number of likely N-dealkylation sites (tertiary alicyclic amines) is 1. The van der Waals surface area contributed by atoms with E-state index in [0.717, 1.165) is 104 Å². The van der Waals surface area contributed by atoms with Gasteiger partial charge in [0.05, 0.1) is 17.7 Å². The monoisotopic (exact) mass is 787 g/mol. The Labute approximate surface area is 337 Å². The number of halogens is 1. The van der Waals surface area contributed by atoms with Crippen LogP contribution in [-0.2, 0) is 22.7 Å². The second-order valence-corrected chi connectivity index (χ2v) is 17.2. The molecule has 57 heavy (non-hydrogen) atoms. The fourth-order valence-corrected chi connectivity index (χ4v) is 10.5. The summed E-state index contributed by atoms with van der Waals surface area (Å²) in [5.41, 5.74) is 6.32. The average molecular weight is 788 g/mol. The molecule has 1 spiro atoms. The molecule has 0 bridgehead atoms. The van der Waals surface area contributed by atoms with E-state index in [1.807, 2.05) is 41.3 Å². The number of hydrogen-bond acceptors (Lipinski definition) is 8. The summed E-state index contributed by atoms with van der Waals surface area (Å²) < 4.78 is 0. The van der Waals surface area contributed by atoms with Gasteiger partial charge in [0, 0.05) is 86.8 Å². The minimum absolute atomic E-state index is 0.0938. The zero-order valence-corrected chi connectivity index (χ0v) is 32.9. The highest BCUT2D eigenvalue weighted by Gasteiger charge is 2.48. The third-order valence-electron chi connectivity index (χ3n) is 13.8. The van der Waals surface area contributed by atoms with E-state index in [4.69, 9.17) is 18.2 Å². The minimum Gasteiger partial charge on any atom is -0.372 e. The topological polar surface area (TPSA) is 118 Å². The molecular weight excluding hydrogens is 742 g/mol. The van der Waals surface area contributed by atoms with Gasteiger partial charge in [0.25, 0.3) is 17.7 Å². The Kier molecular flexibility index (Phi) is 9.56. The summed E-state index contributed by atoms with van der Waals surface area (Å²) in [5, 5.41) is 2.74. The maximum absolute atomic E-state index is 13.6. The molecule has 0 aromatic heterocycles. The summed E-state index contributed by atoms with van der Waals surface area (Å²) in [7, 11) is 0. The molecule has 0 radical (unpaired) electrons. The van der Waals surface area contributed by atoms with Gasteiger partial charge < -0.3 is 14.7 Å². The van der Waals surface area contributed by atoms with Crippen molar-refractivity contribution in [2.75, 3.05) is 49.1 Å². The predicted octanol–water partition coefficient (Wildman–Crippen LogP) is 6.05. The summed E-state index contributed by atoms with van der Waals surface area (Å²) in [4.78, 5) is 78.1. The highest BCUT2D eigenvalue weighted by molar-refractivity contribution is 6.33. The number of rotatable bonds is 6. The van der Waals surface area contributed by atoms with Gasteiger partial charge in [-0.1, -0.05) is 17.7 Å². The predicted molar refractivity (Wildman–Crippen MR) is 215 cm³/mol. The van der Waals surface area contributed by atoms with Gasteiger partial charge in [0.2, 0.25) is 17.5 Å². The second kappa shape index (κ2) is 14.6. The zero-order chi connectivity index (χ0) is 39.6. The number of piperidine rings is 3. The van der Waals surface area contributed by atoms with E-state index in [9.17, 15) is 24.0 Å². The van der Waals surface area contributed by atoms with E-state index in [-0.39, 0.29) is 30.1 Å². The van der Waals surface area contributed by atoms with Gasteiger partial charge in [-0.15, -0.1) is 0 Å². The molecular formula is C44H46ClN7O5. The van der Waals surface area contributed by atoms with Crippen molar-refractivity contribution in [1.82, 2.24) is 20.0 Å². The molecule has 3 aromatic rings. The molecule has 0 saturated carbocycles. The van der Waals surface area contributed by atoms with E-state index in [1.54, 1.807) is 6.07 Å². The fourth-order valence-electron chi connectivity index (χ4n) is 10.3. The quantitative estimate of drug-likeness (QED) is 0.237. The lowest BCUT2D eigenvalue weighted by molar-refractivity contribution is -0.136. The molecule has 9 rings (SSSR count). The molecule has 0 aliphatic carbocycles. The molecule has 4 saturated heterocycles. The maximum atomic E-state index is 13.6. The first-order valence-electron chi connectivity index (χ1n) is 20.2. The van der Waals surface area contributed by atoms with Crippen molar-refractivity contribution < 1.29 is 24.0 Å². The largest absolute Gasteiger partial charge is 0.372 e. The van der Waals surface area contributed by atoms with Gasteiger partial charge in [-0.05, 0) is 116 Å². The highest BCUT2D eigenvalue weighted by Crippen LogP contribution is 2.48. The fraction of sp³-hybridized carbons (Fsp3) is 0.455. The molecule has 12 nitrogen and oxygen atoms in total. The van der Waals surface area contributed by atoms with Crippen LogP contribution in [0, 0.1) is 17.9 Å². The van der Waals surface area contributed by atoms with Crippen LogP contribution in [0.2, 0.25) is 5.02 Å². The summed E-state index contributed by atoms with van der Waals surface area (Å²) in [6.07, 6.45) is 5.35. The lowest BCUT2D eigenvalue weighted by Crippen LogP contribution is -2.54. The Morgan fingerprint density at radius 3 is 2.09 bits per heavy atom. The van der Waals surface area contributed by atoms with E-state index < -0.39 is 23.8 Å². The Morgan fingerprint density at radius 1 is 0.842 bits per heavy atom. The van der Waals surface area contributed by atoms with Crippen LogP contribution in [0.25, 0.3) is 4.85 Å². The van der Waals surface area contributed by atoms with Gasteiger partial charge in [-0.25, -0.2) is 4.85 Å². The van der Waals surface area contributed by atoms with E-state index in [0.29, 0.717) is 46.9 Å². The number of amides is 5. The minimum atomic E-state index is -0.959. The number of benzene rings is 3. The van der Waals surface area contributed by atoms with Crippen LogP contribution in [0.5, 0.6) is 0 Å². The third kappa shape index (κ3) is 6.64. The third-order valence-corrected chi connectivity index (χ3v) is 14.1. The van der Waals surface area contributed by atoms with Gasteiger partial charge in [0.15, 0.2) is 0 Å². The molecule has 1 N–H and O–H groups in total. The number of nitrogens with zero attached hydrogens (tertiary/aromatic N) is 6. The molecule has 6 aliphatic rings. The summed E-state index contributed by atoms with van der Waals surface area (Å²) in [5.74, 6) is -1.29. The van der Waals surface area contributed by atoms with Crippen molar-refractivity contribution in [3.8, 4) is 0 Å². The zero-order valence-electron chi connectivity index (χ0n) is 32.1. The first kappa shape index (κ1) is 37.3. The van der Waals surface area contributed by atoms with Gasteiger partial charge >= 0.3 is 0 Å². The summed E-state index contributed by atoms with van der Waals surface area (Å²) >= 11 is 6.37. The number of hydrogen-bond donors (Lipinski definition) is 1. The number of imide groups is 2. The number of nitrogens with one attached hydrogen (secondary N) is 1. The SMILES string of the molecule is [C-]#[N+]c1ccc(N2CCC3(CCN(C(=O)c4ccc(N5CCC(CN6Cc7cc8c(cc7C6)C(=O)N(C6CCC(=O)NC6=O)C8=O)CC5)cc4)CC3)C2C)cc1Cl. The van der Waals surface area contributed by atoms with Crippen LogP contribution in [0.15, 0.2) is 54.6 Å². The lowest BCUT2D eigenvalue weighted by Gasteiger charge is -2.43. The first-order valence-corrected chi connectivity index (χ1v) is 20.6. The van der Waals surface area contributed by atoms with Crippen LogP contribution in [0.4, 0.5) is 17.1 Å². The molecule has 6 aliphatic heterocycles. The van der Waals surface area contributed by atoms with Crippen LogP contribution in [0.1, 0.15) is 94.1 Å². The van der Waals surface area contributed by atoms with Crippen LogP contribution < -0.4 is 15.1 Å². The molecule has 4 fully saturated rings. The Bertz CT molecular complexity index is 2180. The maximum Gasteiger partial charge on any atom is 0.262 e. The van der Waals surface area contributed by atoms with Crippen molar-refractivity contribution in [3.05, 3.63) is 98.9 Å². The number of fused-ring (bicyclic) bond motifs is 2. The molecule has 294 valence electrons. The van der Waals surface area contributed by atoms with E-state index in [2.05, 4.69) is 43.9 Å². The van der Waals surface area contributed by atoms with E-state index >= 15 is 0 Å². The molecule has 6 heterocycles. The first-order chi connectivity index (χ1) is 27.5. The molecule has 2 atom stereocenters. The Morgan fingerprint density at radius 2 is 1.47 bits per heavy atom. The second-order valence-electron chi connectivity index (χ2n) is 16.8. The van der Waals surface area contributed by atoms with Crippen molar-refractivity contribution >= 4 is 58.2 Å². The normalized spacial score (nSPS) is 23.6. The standard InChI is InChI=1S/C44H46ClN7O5/c1-27-44(15-20-51(27)33-7-8-37(46-2)36(45)23-33)13-18-50(19-14-44)41(55)29-3-5-32(6-4-29)49-16-11-28(12-17-49)24-48-25-30-21-34-35(22-31(30)26-48)43(57)52(42(34)56)38-9-10-39(53)47-40(38)54/h3-8,21-23,27-28,38H,9-20,24-26H2,1H3,(H,47,53,54). The number of carbonyl (C=O) groups excluding carboxylic acids is 5. The Hall–Kier alpha value is -5.25. The lowest BCUT2D eigenvalue weighted by atomic mass is 9.73. The van der Waals surface area contributed by atoms with Gasteiger partial charge in [-0.3, -0.25) is 39.1 Å². The summed E-state index contributed by atoms with van der Waals surface area (Å²) in [6.45, 7) is 16.2. The van der Waals surface area contributed by atoms with Crippen molar-refractivity contribution in [2.45, 2.75) is 77.0 Å².